The second kappa shape index (κ2) is 14.0. The lowest BCUT2D eigenvalue weighted by atomic mass is 10.1. The number of carbonyl (C=O) groups is 1. The summed E-state index contributed by atoms with van der Waals surface area (Å²) in [6.45, 7) is 2.11. The van der Waals surface area contributed by atoms with Gasteiger partial charge >= 0.3 is 5.97 Å². The second-order valence-electron chi connectivity index (χ2n) is 5.63. The normalized spacial score (nSPS) is 14.1. The highest BCUT2D eigenvalue weighted by molar-refractivity contribution is 7.87. The molecule has 0 amide bonds. The fourth-order valence-electron chi connectivity index (χ4n) is 2.17. The van der Waals surface area contributed by atoms with Crippen LogP contribution in [0.15, 0.2) is 36.5 Å². The van der Waals surface area contributed by atoms with Crippen LogP contribution in [-0.4, -0.2) is 29.3 Å². The molecule has 0 bridgehead atoms. The summed E-state index contributed by atoms with van der Waals surface area (Å²) >= 11 is 0. The highest BCUT2D eigenvalue weighted by Gasteiger charge is 2.29. The lowest BCUT2D eigenvalue weighted by molar-refractivity contribution is -0.136. The van der Waals surface area contributed by atoms with Gasteiger partial charge in [-0.3, -0.25) is 9.35 Å². The Labute approximate surface area is 145 Å². The van der Waals surface area contributed by atoms with Gasteiger partial charge in [-0.25, -0.2) is 0 Å². The molecule has 0 aromatic rings. The van der Waals surface area contributed by atoms with Crippen LogP contribution in [-0.2, 0) is 14.9 Å². The van der Waals surface area contributed by atoms with Crippen molar-refractivity contribution in [3.63, 3.8) is 0 Å². The molecular formula is C18H30O5S. The minimum Gasteiger partial charge on any atom is -0.480 e. The van der Waals surface area contributed by atoms with E-state index in [9.17, 15) is 13.2 Å². The second-order valence-corrected chi connectivity index (χ2v) is 7.23. The first-order valence-corrected chi connectivity index (χ1v) is 10.0. The maximum atomic E-state index is 10.9. The summed E-state index contributed by atoms with van der Waals surface area (Å²) in [4.78, 5) is 10.8. The van der Waals surface area contributed by atoms with Gasteiger partial charge in [0.25, 0.3) is 10.1 Å². The SMILES string of the molecule is CCC=CCC=CCC=CCCCCCCC(C(=O)O)S(=O)(=O)O. The van der Waals surface area contributed by atoms with Gasteiger partial charge in [-0.15, -0.1) is 0 Å². The third kappa shape index (κ3) is 13.1. The predicted molar refractivity (Wildman–Crippen MR) is 97.6 cm³/mol. The van der Waals surface area contributed by atoms with Crippen molar-refractivity contribution in [1.82, 2.24) is 0 Å². The molecule has 0 fully saturated rings. The zero-order valence-corrected chi connectivity index (χ0v) is 15.2. The van der Waals surface area contributed by atoms with E-state index in [4.69, 9.17) is 9.66 Å². The van der Waals surface area contributed by atoms with Gasteiger partial charge in [0.1, 0.15) is 0 Å². The number of carboxylic acids is 1. The van der Waals surface area contributed by atoms with Crippen LogP contribution in [0.2, 0.25) is 0 Å². The van der Waals surface area contributed by atoms with Crippen molar-refractivity contribution in [2.75, 3.05) is 0 Å². The largest absolute Gasteiger partial charge is 0.480 e. The highest BCUT2D eigenvalue weighted by atomic mass is 32.2. The van der Waals surface area contributed by atoms with E-state index in [1.54, 1.807) is 0 Å². The monoisotopic (exact) mass is 358 g/mol. The molecule has 0 aliphatic carbocycles. The molecule has 138 valence electrons. The molecule has 0 rings (SSSR count). The molecule has 0 radical (unpaired) electrons. The topological polar surface area (TPSA) is 91.7 Å². The summed E-state index contributed by atoms with van der Waals surface area (Å²) in [6.07, 6.45) is 19.9. The summed E-state index contributed by atoms with van der Waals surface area (Å²) in [5, 5.41) is 7.06. The van der Waals surface area contributed by atoms with Crippen LogP contribution in [0.25, 0.3) is 0 Å². The molecule has 0 aromatic carbocycles. The Morgan fingerprint density at radius 2 is 1.46 bits per heavy atom. The maximum Gasteiger partial charge on any atom is 0.324 e. The van der Waals surface area contributed by atoms with Crippen LogP contribution in [0, 0.1) is 0 Å². The lowest BCUT2D eigenvalue weighted by Crippen LogP contribution is -2.29. The molecule has 1 atom stereocenters. The Morgan fingerprint density at radius 3 is 2.00 bits per heavy atom. The Hall–Kier alpha value is -1.40. The van der Waals surface area contributed by atoms with Gasteiger partial charge in [0, 0.05) is 0 Å². The van der Waals surface area contributed by atoms with Gasteiger partial charge in [0.15, 0.2) is 5.25 Å². The number of aliphatic carboxylic acids is 1. The molecule has 0 aliphatic rings. The Bertz CT molecular complexity index is 518. The van der Waals surface area contributed by atoms with E-state index in [2.05, 4.69) is 43.4 Å². The maximum absolute atomic E-state index is 10.9. The third-order valence-electron chi connectivity index (χ3n) is 3.50. The van der Waals surface area contributed by atoms with Crippen LogP contribution >= 0.6 is 0 Å². The number of carboxylic acid groups (broad SMARTS) is 1. The van der Waals surface area contributed by atoms with Crippen LogP contribution in [0.3, 0.4) is 0 Å². The summed E-state index contributed by atoms with van der Waals surface area (Å²) in [5.41, 5.74) is 0. The van der Waals surface area contributed by atoms with Crippen LogP contribution in [0.5, 0.6) is 0 Å². The van der Waals surface area contributed by atoms with Gasteiger partial charge < -0.3 is 5.11 Å². The van der Waals surface area contributed by atoms with Crippen molar-refractivity contribution in [2.45, 2.75) is 70.0 Å². The predicted octanol–water partition coefficient (Wildman–Crippen LogP) is 4.53. The zero-order chi connectivity index (χ0) is 18.3. The first-order valence-electron chi connectivity index (χ1n) is 8.53. The molecule has 0 saturated carbocycles. The van der Waals surface area contributed by atoms with E-state index in [1.807, 2.05) is 0 Å². The van der Waals surface area contributed by atoms with E-state index in [0.29, 0.717) is 6.42 Å². The van der Waals surface area contributed by atoms with Gasteiger partial charge in [-0.2, -0.15) is 8.42 Å². The Morgan fingerprint density at radius 1 is 0.917 bits per heavy atom. The quantitative estimate of drug-likeness (QED) is 0.270. The smallest absolute Gasteiger partial charge is 0.324 e. The van der Waals surface area contributed by atoms with Gasteiger partial charge in [0.2, 0.25) is 0 Å². The number of rotatable bonds is 14. The van der Waals surface area contributed by atoms with Crippen molar-refractivity contribution < 1.29 is 22.9 Å². The lowest BCUT2D eigenvalue weighted by Gasteiger charge is -2.08. The minimum absolute atomic E-state index is 0.0404. The molecule has 6 heteroatoms. The molecule has 5 nitrogen and oxygen atoms in total. The molecule has 24 heavy (non-hydrogen) atoms. The first kappa shape index (κ1) is 22.6. The van der Waals surface area contributed by atoms with E-state index in [-0.39, 0.29) is 6.42 Å². The number of unbranched alkanes of at least 4 members (excludes halogenated alkanes) is 4. The van der Waals surface area contributed by atoms with Crippen molar-refractivity contribution in [2.24, 2.45) is 0 Å². The van der Waals surface area contributed by atoms with E-state index in [1.165, 1.54) is 0 Å². The van der Waals surface area contributed by atoms with Crippen molar-refractivity contribution in [1.29, 1.82) is 0 Å². The van der Waals surface area contributed by atoms with E-state index >= 15 is 0 Å². The average molecular weight is 358 g/mol. The number of hydrogen-bond donors (Lipinski definition) is 2. The number of allylic oxidation sites excluding steroid dienone is 6. The van der Waals surface area contributed by atoms with Crippen LogP contribution < -0.4 is 0 Å². The molecule has 2 N–H and O–H groups in total. The summed E-state index contributed by atoms with van der Waals surface area (Å²) in [7, 11) is -4.50. The molecule has 0 spiro atoms. The molecule has 0 saturated heterocycles. The van der Waals surface area contributed by atoms with Gasteiger partial charge in [-0.1, -0.05) is 62.6 Å². The molecular weight excluding hydrogens is 328 g/mol. The average Bonchev–Trinajstić information content (AvgIpc) is 2.49. The summed E-state index contributed by atoms with van der Waals surface area (Å²) < 4.78 is 30.6. The standard InChI is InChI=1S/C18H30O5S/c1-2-3-4-5-6-7-8-9-10-11-12-13-14-15-16-17(18(19)20)24(21,22)23/h3-4,6-7,9-10,17H,2,5,8,11-16H2,1H3,(H,19,20)(H,21,22,23). The van der Waals surface area contributed by atoms with E-state index < -0.39 is 21.3 Å². The van der Waals surface area contributed by atoms with E-state index in [0.717, 1.165) is 44.9 Å². The molecule has 0 heterocycles. The highest BCUT2D eigenvalue weighted by Crippen LogP contribution is 2.12. The van der Waals surface area contributed by atoms with Crippen molar-refractivity contribution in [3.05, 3.63) is 36.5 Å². The minimum atomic E-state index is -4.50. The Kier molecular flexibility index (Phi) is 13.2. The van der Waals surface area contributed by atoms with Crippen molar-refractivity contribution in [3.8, 4) is 0 Å². The van der Waals surface area contributed by atoms with Crippen molar-refractivity contribution >= 4 is 16.1 Å². The molecule has 0 aromatic heterocycles. The fourth-order valence-corrected chi connectivity index (χ4v) is 2.89. The number of hydrogen-bond acceptors (Lipinski definition) is 3. The Balaban J connectivity index is 3.65. The summed E-state index contributed by atoms with van der Waals surface area (Å²) in [5.74, 6) is -1.49. The zero-order valence-electron chi connectivity index (χ0n) is 14.4. The van der Waals surface area contributed by atoms with Gasteiger partial charge in [-0.05, 0) is 38.5 Å². The van der Waals surface area contributed by atoms with Crippen LogP contribution in [0.4, 0.5) is 0 Å². The molecule has 0 aliphatic heterocycles. The van der Waals surface area contributed by atoms with Crippen LogP contribution in [0.1, 0.15) is 64.7 Å². The molecule has 1 unspecified atom stereocenters. The fraction of sp³-hybridized carbons (Fsp3) is 0.611. The first-order chi connectivity index (χ1) is 11.4. The van der Waals surface area contributed by atoms with Gasteiger partial charge in [0.05, 0.1) is 0 Å². The summed E-state index contributed by atoms with van der Waals surface area (Å²) in [6, 6.07) is 0. The third-order valence-corrected chi connectivity index (χ3v) is 4.66.